The molecule has 36 valence electrons. The maximum atomic E-state index is 2.47. The Morgan fingerprint density at radius 3 is 1.29 bits per heavy atom. The molecule has 0 atom stereocenters. The summed E-state index contributed by atoms with van der Waals surface area (Å²) < 4.78 is 0. The summed E-state index contributed by atoms with van der Waals surface area (Å²) in [4.78, 5) is 0. The molecule has 1 spiro atoms. The van der Waals surface area contributed by atoms with Gasteiger partial charge in [0.05, 0.1) is 0 Å². The van der Waals surface area contributed by atoms with Crippen LogP contribution in [0.25, 0.3) is 0 Å². The van der Waals surface area contributed by atoms with Gasteiger partial charge in [0.25, 0.3) is 0 Å². The third-order valence-corrected chi connectivity index (χ3v) is 4.76. The van der Waals surface area contributed by atoms with E-state index in [1.165, 1.54) is 11.8 Å². The Kier molecular flexibility index (Phi) is 0.0938. The van der Waals surface area contributed by atoms with Gasteiger partial charge in [-0.15, -0.1) is 0 Å². The molecule has 0 aromatic heterocycles. The van der Waals surface area contributed by atoms with Crippen molar-refractivity contribution in [1.29, 1.82) is 0 Å². The Hall–Kier alpha value is 0. The van der Waals surface area contributed by atoms with E-state index in [0.717, 1.165) is 16.2 Å². The van der Waals surface area contributed by atoms with Crippen molar-refractivity contribution in [1.82, 2.24) is 0 Å². The van der Waals surface area contributed by atoms with Gasteiger partial charge in [-0.05, 0) is 28.1 Å². The average Bonchev–Trinajstić information content (AvgIpc) is 2.29. The van der Waals surface area contributed by atoms with Crippen LogP contribution in [0, 0.1) is 28.1 Å². The summed E-state index contributed by atoms with van der Waals surface area (Å²) in [6, 6.07) is 0. The zero-order valence-electron chi connectivity index (χ0n) is 4.65. The van der Waals surface area contributed by atoms with E-state index in [2.05, 4.69) is 13.8 Å². The lowest BCUT2D eigenvalue weighted by Gasteiger charge is -2.27. The van der Waals surface area contributed by atoms with E-state index in [1.54, 1.807) is 0 Å². The lowest BCUT2D eigenvalue weighted by atomic mass is 9.77. The fourth-order valence-electron chi connectivity index (χ4n) is 4.56. The molecule has 0 heterocycles. The molecule has 4 rings (SSSR count). The Bertz CT molecular complexity index is 182. The molecule has 4 aliphatic rings. The predicted octanol–water partition coefficient (Wildman–Crippen LogP) is 1.27. The molecule has 0 nitrogen and oxygen atoms in total. The first kappa shape index (κ1) is 2.52. The van der Waals surface area contributed by atoms with Crippen LogP contribution in [0.1, 0.15) is 13.8 Å². The molecule has 0 heteroatoms. The number of fused-ring (bicyclic) bond motifs is 4. The largest absolute Gasteiger partial charge is 0.0585 e. The summed E-state index contributed by atoms with van der Waals surface area (Å²) in [5.74, 6) is 2.50. The van der Waals surface area contributed by atoms with Gasteiger partial charge in [0.1, 0.15) is 0 Å². The molecule has 4 fully saturated rings. The fraction of sp³-hybridized carbons (Fsp3) is 1.00. The van der Waals surface area contributed by atoms with E-state index in [9.17, 15) is 0 Å². The van der Waals surface area contributed by atoms with Crippen molar-refractivity contribution < 1.29 is 0 Å². The lowest BCUT2D eigenvalue weighted by Crippen LogP contribution is -2.23. The molecule has 0 radical (unpaired) electrons. The van der Waals surface area contributed by atoms with Crippen LogP contribution >= 0.6 is 0 Å². The van der Waals surface area contributed by atoms with Crippen molar-refractivity contribution in [2.24, 2.45) is 28.1 Å². The molecule has 0 aromatic rings. The summed E-state index contributed by atoms with van der Waals surface area (Å²) in [6.07, 6.45) is 0. The molecule has 0 bridgehead atoms. The van der Waals surface area contributed by atoms with Gasteiger partial charge in [-0.2, -0.15) is 0 Å². The van der Waals surface area contributed by atoms with E-state index < -0.39 is 0 Å². The summed E-state index contributed by atoms with van der Waals surface area (Å²) in [7, 11) is 0. The van der Waals surface area contributed by atoms with Crippen LogP contribution in [0.3, 0.4) is 0 Å². The van der Waals surface area contributed by atoms with Crippen molar-refractivity contribution in [2.75, 3.05) is 0 Å². The summed E-state index contributed by atoms with van der Waals surface area (Å²) >= 11 is 0. The maximum absolute atomic E-state index is 2.47. The minimum atomic E-state index is 0.974. The van der Waals surface area contributed by atoms with Gasteiger partial charge < -0.3 is 0 Å². The normalized spacial score (nSPS) is 114. The van der Waals surface area contributed by atoms with Crippen molar-refractivity contribution in [2.45, 2.75) is 13.8 Å². The SMILES string of the molecule is CC12C3C4(C)C1C324. The summed E-state index contributed by atoms with van der Waals surface area (Å²) in [5.41, 5.74) is 2.99. The highest BCUT2D eigenvalue weighted by Crippen LogP contribution is 3.36. The highest BCUT2D eigenvalue weighted by molar-refractivity contribution is 5.79. The molecular formula is C7H8. The second kappa shape index (κ2) is 0.260. The average molecular weight is 92.1 g/mol. The smallest absolute Gasteiger partial charge is 0.00989 e. The van der Waals surface area contributed by atoms with E-state index in [1.807, 2.05) is 0 Å². The Morgan fingerprint density at radius 2 is 1.29 bits per heavy atom. The minimum Gasteiger partial charge on any atom is -0.0585 e. The lowest BCUT2D eigenvalue weighted by molar-refractivity contribution is 0.197. The molecule has 4 aliphatic carbocycles. The molecule has 0 N–H and O–H groups in total. The quantitative estimate of drug-likeness (QED) is 0.422. The Morgan fingerprint density at radius 1 is 1.00 bits per heavy atom. The highest BCUT2D eigenvalue weighted by atomic mass is 15.4. The van der Waals surface area contributed by atoms with Gasteiger partial charge in [-0.3, -0.25) is 0 Å². The zero-order chi connectivity index (χ0) is 4.65. The van der Waals surface area contributed by atoms with Crippen molar-refractivity contribution in [3.63, 3.8) is 0 Å². The van der Waals surface area contributed by atoms with Crippen LogP contribution in [0.5, 0.6) is 0 Å². The maximum Gasteiger partial charge on any atom is -0.00989 e. The van der Waals surface area contributed by atoms with E-state index in [4.69, 9.17) is 0 Å². The Labute approximate surface area is 42.9 Å². The van der Waals surface area contributed by atoms with Crippen LogP contribution in [0.15, 0.2) is 0 Å². The van der Waals surface area contributed by atoms with Crippen LogP contribution < -0.4 is 0 Å². The van der Waals surface area contributed by atoms with E-state index in [0.29, 0.717) is 0 Å². The van der Waals surface area contributed by atoms with Crippen molar-refractivity contribution >= 4 is 0 Å². The van der Waals surface area contributed by atoms with Gasteiger partial charge in [-0.25, -0.2) is 0 Å². The molecule has 0 unspecified atom stereocenters. The van der Waals surface area contributed by atoms with E-state index >= 15 is 0 Å². The molecule has 4 saturated carbocycles. The van der Waals surface area contributed by atoms with Crippen LogP contribution in [-0.2, 0) is 0 Å². The van der Waals surface area contributed by atoms with Crippen molar-refractivity contribution in [3.8, 4) is 0 Å². The molecule has 0 saturated heterocycles. The second-order valence-electron chi connectivity index (χ2n) is 4.30. The highest BCUT2D eigenvalue weighted by Gasteiger charge is 3.33. The number of hydrogen-bond donors (Lipinski definition) is 0. The van der Waals surface area contributed by atoms with Gasteiger partial charge in [0.15, 0.2) is 0 Å². The first-order chi connectivity index (χ1) is 3.23. The van der Waals surface area contributed by atoms with Gasteiger partial charge in [0.2, 0.25) is 0 Å². The summed E-state index contributed by atoms with van der Waals surface area (Å²) in [5, 5.41) is 0. The van der Waals surface area contributed by atoms with Crippen LogP contribution in [-0.4, -0.2) is 0 Å². The van der Waals surface area contributed by atoms with Gasteiger partial charge in [0, 0.05) is 0 Å². The first-order valence-electron chi connectivity index (χ1n) is 3.23. The number of rotatable bonds is 0. The first-order valence-corrected chi connectivity index (χ1v) is 3.23. The van der Waals surface area contributed by atoms with Gasteiger partial charge >= 0.3 is 0 Å². The Balaban J connectivity index is 2.19. The molecule has 0 aromatic carbocycles. The van der Waals surface area contributed by atoms with Crippen molar-refractivity contribution in [3.05, 3.63) is 0 Å². The standard InChI is InChI=1S/C7H8/c1-5-3-6(2)4(5)7(3,5)6/h3-4H,1-2H3. The number of hydrogen-bond acceptors (Lipinski definition) is 0. The monoisotopic (exact) mass is 92.1 g/mol. The van der Waals surface area contributed by atoms with Crippen LogP contribution in [0.4, 0.5) is 0 Å². The third kappa shape index (κ3) is 0.0454. The minimum absolute atomic E-state index is 0.974. The molecular weight excluding hydrogens is 84.1 g/mol. The molecule has 0 amide bonds. The summed E-state index contributed by atoms with van der Waals surface area (Å²) in [6.45, 7) is 4.93. The fourth-order valence-corrected chi connectivity index (χ4v) is 4.56. The topological polar surface area (TPSA) is 0 Å². The zero-order valence-corrected chi connectivity index (χ0v) is 4.65. The third-order valence-electron chi connectivity index (χ3n) is 4.76. The predicted molar refractivity (Wildman–Crippen MR) is 25.6 cm³/mol. The van der Waals surface area contributed by atoms with E-state index in [-0.39, 0.29) is 0 Å². The molecule has 0 aliphatic heterocycles. The molecule has 7 heavy (non-hydrogen) atoms. The van der Waals surface area contributed by atoms with Gasteiger partial charge in [-0.1, -0.05) is 13.8 Å². The van der Waals surface area contributed by atoms with Crippen LogP contribution in [0.2, 0.25) is 0 Å². The second-order valence-corrected chi connectivity index (χ2v) is 4.30.